The molecule has 0 bridgehead atoms. The van der Waals surface area contributed by atoms with Crippen molar-refractivity contribution in [3.63, 3.8) is 0 Å². The first kappa shape index (κ1) is 10.6. The Bertz CT molecular complexity index is 740. The molecule has 3 rings (SSSR count). The first-order chi connectivity index (χ1) is 8.66. The molecule has 0 aliphatic rings. The SMILES string of the molecule is Cc1cccc2[nH]cc(-c3cc(C(=O)O)no3)c12. The number of nitrogens with one attached hydrogen (secondary N) is 1. The van der Waals surface area contributed by atoms with Crippen molar-refractivity contribution in [3.8, 4) is 11.3 Å². The van der Waals surface area contributed by atoms with Gasteiger partial charge in [0.2, 0.25) is 0 Å². The summed E-state index contributed by atoms with van der Waals surface area (Å²) in [4.78, 5) is 13.9. The van der Waals surface area contributed by atoms with Crippen LogP contribution in [-0.2, 0) is 0 Å². The predicted octanol–water partition coefficient (Wildman–Crippen LogP) is 2.83. The maximum atomic E-state index is 10.8. The fraction of sp³-hybridized carbons (Fsp3) is 0.0769. The summed E-state index contributed by atoms with van der Waals surface area (Å²) < 4.78 is 5.08. The molecule has 0 radical (unpaired) electrons. The minimum Gasteiger partial charge on any atom is -0.476 e. The summed E-state index contributed by atoms with van der Waals surface area (Å²) in [5.74, 6) is -0.644. The van der Waals surface area contributed by atoms with Gasteiger partial charge in [0.1, 0.15) is 0 Å². The number of carbonyl (C=O) groups is 1. The zero-order valence-corrected chi connectivity index (χ0v) is 9.60. The van der Waals surface area contributed by atoms with Gasteiger partial charge in [0.25, 0.3) is 0 Å². The van der Waals surface area contributed by atoms with Gasteiger partial charge in [-0.2, -0.15) is 0 Å². The molecule has 0 saturated carbocycles. The largest absolute Gasteiger partial charge is 0.476 e. The van der Waals surface area contributed by atoms with E-state index in [2.05, 4.69) is 10.1 Å². The number of fused-ring (bicyclic) bond motifs is 1. The zero-order chi connectivity index (χ0) is 12.7. The minimum absolute atomic E-state index is 0.0899. The van der Waals surface area contributed by atoms with Gasteiger partial charge >= 0.3 is 5.97 Å². The molecule has 18 heavy (non-hydrogen) atoms. The van der Waals surface area contributed by atoms with Gasteiger partial charge in [0, 0.05) is 28.7 Å². The van der Waals surface area contributed by atoms with Crippen LogP contribution in [0.2, 0.25) is 0 Å². The van der Waals surface area contributed by atoms with Crippen molar-refractivity contribution in [2.24, 2.45) is 0 Å². The molecule has 0 fully saturated rings. The summed E-state index contributed by atoms with van der Waals surface area (Å²) in [6.45, 7) is 1.99. The molecule has 0 atom stereocenters. The number of H-pyrrole nitrogens is 1. The van der Waals surface area contributed by atoms with Crippen LogP contribution >= 0.6 is 0 Å². The number of rotatable bonds is 2. The number of carboxylic acids is 1. The highest BCUT2D eigenvalue weighted by molar-refractivity contribution is 5.97. The van der Waals surface area contributed by atoms with Crippen LogP contribution < -0.4 is 0 Å². The van der Waals surface area contributed by atoms with E-state index >= 15 is 0 Å². The summed E-state index contributed by atoms with van der Waals surface area (Å²) in [5.41, 5.74) is 2.81. The molecule has 2 N–H and O–H groups in total. The monoisotopic (exact) mass is 242 g/mol. The number of carboxylic acid groups (broad SMARTS) is 1. The minimum atomic E-state index is -1.10. The number of aromatic amines is 1. The lowest BCUT2D eigenvalue weighted by Gasteiger charge is -1.97. The fourth-order valence-electron chi connectivity index (χ4n) is 2.06. The number of aromatic carboxylic acids is 1. The van der Waals surface area contributed by atoms with E-state index in [0.29, 0.717) is 5.76 Å². The molecule has 0 spiro atoms. The second kappa shape index (κ2) is 3.73. The molecule has 1 aromatic carbocycles. The Balaban J connectivity index is 2.22. The van der Waals surface area contributed by atoms with Gasteiger partial charge in [-0.25, -0.2) is 4.79 Å². The number of nitrogens with zero attached hydrogens (tertiary/aromatic N) is 1. The van der Waals surface area contributed by atoms with Crippen molar-refractivity contribution in [3.05, 3.63) is 41.7 Å². The van der Waals surface area contributed by atoms with Gasteiger partial charge in [-0.15, -0.1) is 0 Å². The Morgan fingerprint density at radius 1 is 1.44 bits per heavy atom. The summed E-state index contributed by atoms with van der Waals surface area (Å²) in [6.07, 6.45) is 1.80. The standard InChI is InChI=1S/C13H10N2O3/c1-7-3-2-4-9-12(7)8(6-14-9)11-5-10(13(16)17)15-18-11/h2-6,14H,1H3,(H,16,17). The summed E-state index contributed by atoms with van der Waals surface area (Å²) in [7, 11) is 0. The van der Waals surface area contributed by atoms with Crippen LogP contribution in [0.3, 0.4) is 0 Å². The number of aromatic nitrogens is 2. The van der Waals surface area contributed by atoms with Crippen LogP contribution in [0.15, 0.2) is 35.0 Å². The number of benzene rings is 1. The van der Waals surface area contributed by atoms with Crippen molar-refractivity contribution >= 4 is 16.9 Å². The quantitative estimate of drug-likeness (QED) is 0.724. The van der Waals surface area contributed by atoms with E-state index in [-0.39, 0.29) is 5.69 Å². The topological polar surface area (TPSA) is 79.1 Å². The third-order valence-electron chi connectivity index (χ3n) is 2.91. The molecule has 90 valence electrons. The number of hydrogen-bond donors (Lipinski definition) is 2. The summed E-state index contributed by atoms with van der Waals surface area (Å²) in [5, 5.41) is 13.4. The third-order valence-corrected chi connectivity index (χ3v) is 2.91. The van der Waals surface area contributed by atoms with Gasteiger partial charge in [-0.1, -0.05) is 17.3 Å². The van der Waals surface area contributed by atoms with Crippen LogP contribution in [0.25, 0.3) is 22.2 Å². The Morgan fingerprint density at radius 3 is 3.00 bits per heavy atom. The van der Waals surface area contributed by atoms with Crippen molar-refractivity contribution < 1.29 is 14.4 Å². The number of aryl methyl sites for hydroxylation is 1. The van der Waals surface area contributed by atoms with E-state index in [1.165, 1.54) is 6.07 Å². The lowest BCUT2D eigenvalue weighted by molar-refractivity contribution is 0.0686. The van der Waals surface area contributed by atoms with Crippen LogP contribution in [0, 0.1) is 6.92 Å². The van der Waals surface area contributed by atoms with Crippen molar-refractivity contribution in [1.82, 2.24) is 10.1 Å². The van der Waals surface area contributed by atoms with Gasteiger partial charge in [0.15, 0.2) is 11.5 Å². The van der Waals surface area contributed by atoms with Crippen molar-refractivity contribution in [1.29, 1.82) is 0 Å². The van der Waals surface area contributed by atoms with Gasteiger partial charge < -0.3 is 14.6 Å². The summed E-state index contributed by atoms with van der Waals surface area (Å²) in [6, 6.07) is 7.34. The molecule has 5 nitrogen and oxygen atoms in total. The summed E-state index contributed by atoms with van der Waals surface area (Å²) >= 11 is 0. The molecule has 3 aromatic rings. The smallest absolute Gasteiger partial charge is 0.358 e. The molecule has 0 aliphatic heterocycles. The molecule has 0 amide bonds. The average Bonchev–Trinajstić information content (AvgIpc) is 2.94. The van der Waals surface area contributed by atoms with Crippen LogP contribution in [0.1, 0.15) is 16.1 Å². The molecule has 2 aromatic heterocycles. The lowest BCUT2D eigenvalue weighted by Crippen LogP contribution is -1.94. The Hall–Kier alpha value is -2.56. The first-order valence-electron chi connectivity index (χ1n) is 5.44. The zero-order valence-electron chi connectivity index (χ0n) is 9.60. The molecule has 0 unspecified atom stereocenters. The van der Waals surface area contributed by atoms with Crippen molar-refractivity contribution in [2.45, 2.75) is 6.92 Å². The van der Waals surface area contributed by atoms with E-state index in [9.17, 15) is 4.79 Å². The van der Waals surface area contributed by atoms with Gasteiger partial charge in [-0.3, -0.25) is 0 Å². The highest BCUT2D eigenvalue weighted by Crippen LogP contribution is 2.31. The van der Waals surface area contributed by atoms with Crippen LogP contribution in [0.5, 0.6) is 0 Å². The molecular weight excluding hydrogens is 232 g/mol. The average molecular weight is 242 g/mol. The molecule has 0 aliphatic carbocycles. The third kappa shape index (κ3) is 1.48. The molecule has 0 saturated heterocycles. The first-order valence-corrected chi connectivity index (χ1v) is 5.44. The molecular formula is C13H10N2O3. The van der Waals surface area contributed by atoms with E-state index in [1.807, 2.05) is 25.1 Å². The maximum absolute atomic E-state index is 10.8. The fourth-order valence-corrected chi connectivity index (χ4v) is 2.06. The van der Waals surface area contributed by atoms with E-state index < -0.39 is 5.97 Å². The van der Waals surface area contributed by atoms with Crippen LogP contribution in [0.4, 0.5) is 0 Å². The Kier molecular flexibility index (Phi) is 2.19. The Morgan fingerprint density at radius 2 is 2.28 bits per heavy atom. The van der Waals surface area contributed by atoms with E-state index in [1.54, 1.807) is 6.20 Å². The van der Waals surface area contributed by atoms with Gasteiger partial charge in [-0.05, 0) is 18.6 Å². The second-order valence-corrected chi connectivity index (χ2v) is 4.08. The maximum Gasteiger partial charge on any atom is 0.358 e. The van der Waals surface area contributed by atoms with E-state index in [0.717, 1.165) is 22.0 Å². The van der Waals surface area contributed by atoms with Gasteiger partial charge in [0.05, 0.1) is 0 Å². The highest BCUT2D eigenvalue weighted by atomic mass is 16.5. The predicted molar refractivity (Wildman–Crippen MR) is 65.5 cm³/mol. The second-order valence-electron chi connectivity index (χ2n) is 4.08. The lowest BCUT2D eigenvalue weighted by atomic mass is 10.1. The highest BCUT2D eigenvalue weighted by Gasteiger charge is 2.15. The van der Waals surface area contributed by atoms with Crippen molar-refractivity contribution in [2.75, 3.05) is 0 Å². The Labute approximate surface area is 102 Å². The van der Waals surface area contributed by atoms with Crippen LogP contribution in [-0.4, -0.2) is 21.2 Å². The molecule has 2 heterocycles. The van der Waals surface area contributed by atoms with E-state index in [4.69, 9.17) is 9.63 Å². The normalized spacial score (nSPS) is 10.9. The number of hydrogen-bond acceptors (Lipinski definition) is 3. The molecule has 5 heteroatoms.